The lowest BCUT2D eigenvalue weighted by molar-refractivity contribution is 0.0140. The van der Waals surface area contributed by atoms with E-state index < -0.39 is 18.0 Å². The van der Waals surface area contributed by atoms with Crippen molar-refractivity contribution in [3.63, 3.8) is 0 Å². The summed E-state index contributed by atoms with van der Waals surface area (Å²) in [5.41, 5.74) is 0. The molecular formula is C6H12O4. The van der Waals surface area contributed by atoms with Gasteiger partial charge in [-0.3, -0.25) is 0 Å². The highest BCUT2D eigenvalue weighted by molar-refractivity contribution is 4.95. The Morgan fingerprint density at radius 1 is 1.50 bits per heavy atom. The number of rotatable bonds is 3. The number of aliphatic hydroxyl groups is 4. The molecule has 4 heteroatoms. The van der Waals surface area contributed by atoms with Crippen LogP contribution >= 0.6 is 0 Å². The van der Waals surface area contributed by atoms with Gasteiger partial charge in [0.25, 0.3) is 0 Å². The quantitative estimate of drug-likeness (QED) is 0.427. The largest absolute Gasteiger partial charge is 0.512 e. The van der Waals surface area contributed by atoms with E-state index in [1.165, 1.54) is 0 Å². The van der Waals surface area contributed by atoms with Crippen molar-refractivity contribution >= 4 is 0 Å². The summed E-state index contributed by atoms with van der Waals surface area (Å²) in [5.74, 6) is -0.616. The van der Waals surface area contributed by atoms with Crippen molar-refractivity contribution in [1.29, 1.82) is 0 Å². The summed E-state index contributed by atoms with van der Waals surface area (Å²) < 4.78 is 0. The van der Waals surface area contributed by atoms with Crippen LogP contribution in [0.15, 0.2) is 12.0 Å². The molecule has 0 aliphatic carbocycles. The van der Waals surface area contributed by atoms with E-state index in [-0.39, 0.29) is 0 Å². The second kappa shape index (κ2) is 4.14. The Hall–Kier alpha value is -0.740. The molecule has 0 aliphatic heterocycles. The van der Waals surface area contributed by atoms with Gasteiger partial charge in [0, 0.05) is 0 Å². The predicted molar refractivity (Wildman–Crippen MR) is 35.6 cm³/mol. The third kappa shape index (κ3) is 2.24. The Morgan fingerprint density at radius 3 is 2.30 bits per heavy atom. The van der Waals surface area contributed by atoms with Crippen LogP contribution in [0.2, 0.25) is 0 Å². The van der Waals surface area contributed by atoms with Crippen molar-refractivity contribution in [2.45, 2.75) is 25.6 Å². The first kappa shape index (κ1) is 9.26. The van der Waals surface area contributed by atoms with Crippen molar-refractivity contribution in [2.24, 2.45) is 0 Å². The fraction of sp³-hybridized carbons (Fsp3) is 0.667. The number of hydrogen-bond acceptors (Lipinski definition) is 4. The summed E-state index contributed by atoms with van der Waals surface area (Å²) in [6, 6.07) is 0. The second-order valence-corrected chi connectivity index (χ2v) is 1.97. The first-order chi connectivity index (χ1) is 4.63. The zero-order valence-corrected chi connectivity index (χ0v) is 5.73. The molecule has 0 rings (SSSR count). The van der Waals surface area contributed by atoms with Gasteiger partial charge < -0.3 is 20.4 Å². The highest BCUT2D eigenvalue weighted by Gasteiger charge is 2.17. The third-order valence-electron chi connectivity index (χ3n) is 1.22. The molecule has 4 nitrogen and oxygen atoms in total. The van der Waals surface area contributed by atoms with Crippen molar-refractivity contribution in [3.8, 4) is 0 Å². The third-order valence-corrected chi connectivity index (χ3v) is 1.22. The minimum absolute atomic E-state index is 0.319. The van der Waals surface area contributed by atoms with Crippen LogP contribution < -0.4 is 0 Å². The van der Waals surface area contributed by atoms with Gasteiger partial charge in [-0.25, -0.2) is 0 Å². The number of hydrogen-bond donors (Lipinski definition) is 4. The van der Waals surface area contributed by atoms with Crippen molar-refractivity contribution in [2.75, 3.05) is 0 Å². The van der Waals surface area contributed by atoms with Gasteiger partial charge in [-0.05, 0) is 6.42 Å². The van der Waals surface area contributed by atoms with Gasteiger partial charge in [0.1, 0.15) is 12.4 Å². The monoisotopic (exact) mass is 148 g/mol. The van der Waals surface area contributed by atoms with Crippen LogP contribution in [0.1, 0.15) is 13.3 Å². The summed E-state index contributed by atoms with van der Waals surface area (Å²) in [4.78, 5) is 0. The van der Waals surface area contributed by atoms with E-state index in [9.17, 15) is 0 Å². The van der Waals surface area contributed by atoms with E-state index in [2.05, 4.69) is 0 Å². The van der Waals surface area contributed by atoms with E-state index in [0.29, 0.717) is 12.7 Å². The minimum atomic E-state index is -1.38. The lowest BCUT2D eigenvalue weighted by atomic mass is 10.1. The molecule has 60 valence electrons. The first-order valence-electron chi connectivity index (χ1n) is 3.02. The zero-order chi connectivity index (χ0) is 8.15. The topological polar surface area (TPSA) is 80.9 Å². The molecule has 10 heavy (non-hydrogen) atoms. The molecule has 0 aromatic rings. The minimum Gasteiger partial charge on any atom is -0.512 e. The zero-order valence-electron chi connectivity index (χ0n) is 5.73. The first-order valence-corrected chi connectivity index (χ1v) is 3.02. The fourth-order valence-corrected chi connectivity index (χ4v) is 0.497. The molecule has 0 aromatic carbocycles. The Labute approximate surface area is 59.1 Å². The van der Waals surface area contributed by atoms with Gasteiger partial charge in [0.2, 0.25) is 0 Å². The van der Waals surface area contributed by atoms with Crippen LogP contribution in [-0.2, 0) is 0 Å². The van der Waals surface area contributed by atoms with Gasteiger partial charge in [-0.1, -0.05) is 6.92 Å². The molecule has 2 atom stereocenters. The Kier molecular flexibility index (Phi) is 3.83. The summed E-state index contributed by atoms with van der Waals surface area (Å²) in [6.07, 6.45) is -1.72. The maximum Gasteiger partial charge on any atom is 0.158 e. The Bertz CT molecular complexity index is 121. The maximum absolute atomic E-state index is 8.87. The van der Waals surface area contributed by atoms with Crippen LogP contribution in [0, 0.1) is 0 Å². The van der Waals surface area contributed by atoms with Crippen molar-refractivity contribution in [3.05, 3.63) is 12.0 Å². The smallest absolute Gasteiger partial charge is 0.158 e. The number of aliphatic hydroxyl groups excluding tert-OH is 4. The van der Waals surface area contributed by atoms with Crippen molar-refractivity contribution in [1.82, 2.24) is 0 Å². The molecule has 2 unspecified atom stereocenters. The summed E-state index contributed by atoms with van der Waals surface area (Å²) in [6.45, 7) is 1.65. The lowest BCUT2D eigenvalue weighted by Crippen LogP contribution is -2.26. The average molecular weight is 148 g/mol. The molecular weight excluding hydrogens is 136 g/mol. The van der Waals surface area contributed by atoms with Crippen LogP contribution in [0.3, 0.4) is 0 Å². The average Bonchev–Trinajstić information content (AvgIpc) is 2.00. The highest BCUT2D eigenvalue weighted by atomic mass is 16.4. The second-order valence-electron chi connectivity index (χ2n) is 1.97. The molecule has 0 saturated heterocycles. The van der Waals surface area contributed by atoms with Gasteiger partial charge >= 0.3 is 0 Å². The predicted octanol–water partition coefficient (Wildman–Crippen LogP) is 0.0756. The molecule has 0 spiro atoms. The fourth-order valence-electron chi connectivity index (χ4n) is 0.497. The summed E-state index contributed by atoms with van der Waals surface area (Å²) in [5, 5.41) is 34.5. The van der Waals surface area contributed by atoms with E-state index in [0.717, 1.165) is 0 Å². The normalized spacial score (nSPS) is 18.5. The van der Waals surface area contributed by atoms with Gasteiger partial charge in [0.15, 0.2) is 5.76 Å². The van der Waals surface area contributed by atoms with E-state index in [1.54, 1.807) is 6.92 Å². The van der Waals surface area contributed by atoms with Crippen LogP contribution in [0.4, 0.5) is 0 Å². The Balaban J connectivity index is 3.94. The SMILES string of the molecule is CCC(O)C(O)C(O)=CO. The van der Waals surface area contributed by atoms with E-state index in [1.807, 2.05) is 0 Å². The van der Waals surface area contributed by atoms with Crippen molar-refractivity contribution < 1.29 is 20.4 Å². The summed E-state index contributed by atoms with van der Waals surface area (Å²) in [7, 11) is 0. The van der Waals surface area contributed by atoms with E-state index >= 15 is 0 Å². The lowest BCUT2D eigenvalue weighted by Gasteiger charge is -2.13. The molecule has 0 heterocycles. The van der Waals surface area contributed by atoms with Gasteiger partial charge in [-0.15, -0.1) is 0 Å². The maximum atomic E-state index is 8.87. The van der Waals surface area contributed by atoms with Crippen LogP contribution in [0.5, 0.6) is 0 Å². The van der Waals surface area contributed by atoms with Crippen LogP contribution in [0.25, 0.3) is 0 Å². The molecule has 0 amide bonds. The summed E-state index contributed by atoms with van der Waals surface area (Å²) >= 11 is 0. The van der Waals surface area contributed by atoms with E-state index in [4.69, 9.17) is 20.4 Å². The van der Waals surface area contributed by atoms with Gasteiger partial charge in [0.05, 0.1) is 6.10 Å². The molecule has 0 aliphatic rings. The molecule has 0 radical (unpaired) electrons. The molecule has 0 bridgehead atoms. The Morgan fingerprint density at radius 2 is 2.00 bits per heavy atom. The van der Waals surface area contributed by atoms with Gasteiger partial charge in [-0.2, -0.15) is 0 Å². The molecule has 4 N–H and O–H groups in total. The molecule has 0 aromatic heterocycles. The molecule has 0 saturated carbocycles. The highest BCUT2D eigenvalue weighted by Crippen LogP contribution is 2.05. The standard InChI is InChI=1S/C6H12O4/c1-2-4(8)6(10)5(9)3-7/h3-4,6-10H,2H2,1H3. The molecule has 0 fully saturated rings. The van der Waals surface area contributed by atoms with Crippen LogP contribution in [-0.4, -0.2) is 32.6 Å².